The third-order valence-corrected chi connectivity index (χ3v) is 4.50. The molecule has 134 valence electrons. The maximum atomic E-state index is 12.3. The number of carbonyl (C=O) groups excluding carboxylic acids is 1. The van der Waals surface area contributed by atoms with Gasteiger partial charge in [-0.25, -0.2) is 0 Å². The summed E-state index contributed by atoms with van der Waals surface area (Å²) in [5.74, 6) is 1.11. The summed E-state index contributed by atoms with van der Waals surface area (Å²) in [6.45, 7) is 9.17. The molecule has 4 nitrogen and oxygen atoms in total. The van der Waals surface area contributed by atoms with Crippen LogP contribution in [-0.2, 0) is 6.54 Å². The number of hydrogen-bond donors (Lipinski definition) is 2. The first-order valence-corrected chi connectivity index (χ1v) is 8.82. The van der Waals surface area contributed by atoms with E-state index in [9.17, 15) is 15.0 Å². The number of aromatic hydroxyl groups is 2. The van der Waals surface area contributed by atoms with Gasteiger partial charge in [-0.05, 0) is 47.9 Å². The second-order valence-corrected chi connectivity index (χ2v) is 7.41. The molecule has 0 spiro atoms. The zero-order valence-corrected chi connectivity index (χ0v) is 15.4. The predicted molar refractivity (Wildman–Crippen MR) is 97.8 cm³/mol. The van der Waals surface area contributed by atoms with E-state index in [0.29, 0.717) is 23.3 Å². The Morgan fingerprint density at radius 1 is 1.00 bits per heavy atom. The monoisotopic (exact) mass is 342 g/mol. The Morgan fingerprint density at radius 2 is 1.64 bits per heavy atom. The van der Waals surface area contributed by atoms with Crippen molar-refractivity contribution in [2.75, 3.05) is 0 Å². The second-order valence-electron chi connectivity index (χ2n) is 7.41. The molecule has 1 aromatic heterocycles. The summed E-state index contributed by atoms with van der Waals surface area (Å²) >= 11 is 0. The zero-order chi connectivity index (χ0) is 18.6. The van der Waals surface area contributed by atoms with Gasteiger partial charge in [0.2, 0.25) is 12.3 Å². The SMILES string of the molecule is CC(C)CC(c1cc[n+](CC(=O)c2ccc(O)c(O)c2)cc1)C(C)C. The lowest BCUT2D eigenvalue weighted by atomic mass is 9.83. The van der Waals surface area contributed by atoms with E-state index in [2.05, 4.69) is 39.8 Å². The lowest BCUT2D eigenvalue weighted by Crippen LogP contribution is -2.37. The third kappa shape index (κ3) is 5.05. The van der Waals surface area contributed by atoms with Crippen molar-refractivity contribution in [3.63, 3.8) is 0 Å². The highest BCUT2D eigenvalue weighted by Gasteiger charge is 2.19. The molecule has 0 saturated heterocycles. The number of hydrogen-bond acceptors (Lipinski definition) is 3. The molecule has 0 aliphatic heterocycles. The molecule has 0 aliphatic carbocycles. The van der Waals surface area contributed by atoms with Crippen molar-refractivity contribution >= 4 is 5.78 Å². The smallest absolute Gasteiger partial charge is 0.227 e. The number of carbonyl (C=O) groups is 1. The zero-order valence-electron chi connectivity index (χ0n) is 15.4. The lowest BCUT2D eigenvalue weighted by Gasteiger charge is -2.22. The van der Waals surface area contributed by atoms with Crippen LogP contribution in [0.1, 0.15) is 56.0 Å². The number of Topliss-reactive ketones (excluding diaryl/α,β-unsaturated/α-hetero) is 1. The van der Waals surface area contributed by atoms with Gasteiger partial charge < -0.3 is 10.2 Å². The van der Waals surface area contributed by atoms with E-state index in [1.165, 1.54) is 23.8 Å². The number of rotatable bonds is 7. The molecule has 2 rings (SSSR count). The van der Waals surface area contributed by atoms with E-state index in [-0.39, 0.29) is 23.8 Å². The van der Waals surface area contributed by atoms with Gasteiger partial charge in [-0.1, -0.05) is 27.7 Å². The number of phenols is 2. The standard InChI is InChI=1S/C21H27NO3/c1-14(2)11-18(15(3)4)16-7-9-22(10-8-16)13-21(25)17-5-6-19(23)20(24)12-17/h5-10,12,14-15,18H,11,13H2,1-4H3,(H-,23,24,25)/p+1. The highest BCUT2D eigenvalue weighted by atomic mass is 16.3. The summed E-state index contributed by atoms with van der Waals surface area (Å²) in [6, 6.07) is 8.33. The minimum Gasteiger partial charge on any atom is -0.504 e. The first-order chi connectivity index (χ1) is 11.8. The van der Waals surface area contributed by atoms with Crippen molar-refractivity contribution in [3.05, 3.63) is 53.9 Å². The molecule has 1 atom stereocenters. The van der Waals surface area contributed by atoms with Crippen LogP contribution in [0.5, 0.6) is 11.5 Å². The summed E-state index contributed by atoms with van der Waals surface area (Å²) < 4.78 is 1.84. The van der Waals surface area contributed by atoms with Crippen LogP contribution in [0.2, 0.25) is 0 Å². The third-order valence-electron chi connectivity index (χ3n) is 4.50. The Hall–Kier alpha value is -2.36. The molecule has 0 amide bonds. The van der Waals surface area contributed by atoms with Gasteiger partial charge >= 0.3 is 0 Å². The molecule has 1 heterocycles. The fourth-order valence-electron chi connectivity index (χ4n) is 3.08. The molecule has 1 unspecified atom stereocenters. The van der Waals surface area contributed by atoms with Gasteiger partial charge in [0.05, 0.1) is 0 Å². The summed E-state index contributed by atoms with van der Waals surface area (Å²) in [7, 11) is 0. The number of benzene rings is 1. The lowest BCUT2D eigenvalue weighted by molar-refractivity contribution is -0.683. The summed E-state index contributed by atoms with van der Waals surface area (Å²) in [5, 5.41) is 18.9. The minimum atomic E-state index is -0.278. The largest absolute Gasteiger partial charge is 0.504 e. The normalized spacial score (nSPS) is 12.6. The van der Waals surface area contributed by atoms with Gasteiger partial charge in [0.15, 0.2) is 23.9 Å². The molecule has 0 aliphatic rings. The molecule has 0 radical (unpaired) electrons. The van der Waals surface area contributed by atoms with Crippen molar-refractivity contribution in [3.8, 4) is 11.5 Å². The summed E-state index contributed by atoms with van der Waals surface area (Å²) in [4.78, 5) is 12.3. The molecule has 1 aromatic carbocycles. The Bertz CT molecular complexity index is 720. The van der Waals surface area contributed by atoms with Gasteiger partial charge in [0.25, 0.3) is 0 Å². The molecule has 4 heteroatoms. The fourth-order valence-corrected chi connectivity index (χ4v) is 3.08. The van der Waals surface area contributed by atoms with Crippen LogP contribution in [0.15, 0.2) is 42.7 Å². The topological polar surface area (TPSA) is 61.4 Å². The van der Waals surface area contributed by atoms with Gasteiger partial charge in [-0.2, -0.15) is 4.57 Å². The predicted octanol–water partition coefficient (Wildman–Crippen LogP) is 4.05. The van der Waals surface area contributed by atoms with Crippen molar-refractivity contribution in [1.29, 1.82) is 0 Å². The number of aromatic nitrogens is 1. The second kappa shape index (κ2) is 8.15. The van der Waals surface area contributed by atoms with Crippen molar-refractivity contribution in [2.45, 2.75) is 46.6 Å². The Balaban J connectivity index is 2.11. The first kappa shape index (κ1) is 19.0. The highest BCUT2D eigenvalue weighted by molar-refractivity contribution is 5.95. The number of nitrogens with zero attached hydrogens (tertiary/aromatic N) is 1. The minimum absolute atomic E-state index is 0.115. The van der Waals surface area contributed by atoms with Crippen molar-refractivity contribution < 1.29 is 19.6 Å². The molecule has 0 saturated carbocycles. The molecular weight excluding hydrogens is 314 g/mol. The number of phenolic OH excluding ortho intramolecular Hbond substituents is 2. The van der Waals surface area contributed by atoms with Crippen molar-refractivity contribution in [1.82, 2.24) is 0 Å². The molecule has 2 N–H and O–H groups in total. The van der Waals surface area contributed by atoms with E-state index in [0.717, 1.165) is 6.42 Å². The van der Waals surface area contributed by atoms with Crippen LogP contribution < -0.4 is 4.57 Å². The average Bonchev–Trinajstić information content (AvgIpc) is 2.55. The van der Waals surface area contributed by atoms with Crippen LogP contribution in [-0.4, -0.2) is 16.0 Å². The van der Waals surface area contributed by atoms with E-state index >= 15 is 0 Å². The van der Waals surface area contributed by atoms with Crippen LogP contribution in [0, 0.1) is 11.8 Å². The summed E-state index contributed by atoms with van der Waals surface area (Å²) in [6.07, 6.45) is 5.01. The Labute approximate surface area is 149 Å². The van der Waals surface area contributed by atoms with E-state index in [1.807, 2.05) is 17.0 Å². The van der Waals surface area contributed by atoms with Gasteiger partial charge in [0, 0.05) is 17.7 Å². The summed E-state index contributed by atoms with van der Waals surface area (Å²) in [5.41, 5.74) is 1.68. The van der Waals surface area contributed by atoms with Gasteiger partial charge in [-0.3, -0.25) is 4.79 Å². The van der Waals surface area contributed by atoms with Crippen LogP contribution in [0.3, 0.4) is 0 Å². The molecular formula is C21H28NO3+. The van der Waals surface area contributed by atoms with Gasteiger partial charge in [-0.15, -0.1) is 0 Å². The van der Waals surface area contributed by atoms with Gasteiger partial charge in [0.1, 0.15) is 0 Å². The van der Waals surface area contributed by atoms with E-state index < -0.39 is 0 Å². The molecule has 2 aromatic rings. The van der Waals surface area contributed by atoms with Crippen LogP contribution >= 0.6 is 0 Å². The fraction of sp³-hybridized carbons (Fsp3) is 0.429. The first-order valence-electron chi connectivity index (χ1n) is 8.82. The maximum absolute atomic E-state index is 12.3. The highest BCUT2D eigenvalue weighted by Crippen LogP contribution is 2.30. The van der Waals surface area contributed by atoms with E-state index in [4.69, 9.17) is 0 Å². The number of pyridine rings is 1. The molecule has 0 fully saturated rings. The van der Waals surface area contributed by atoms with Crippen molar-refractivity contribution in [2.24, 2.45) is 11.8 Å². The van der Waals surface area contributed by atoms with E-state index in [1.54, 1.807) is 0 Å². The molecule has 25 heavy (non-hydrogen) atoms. The Morgan fingerprint density at radius 3 is 2.16 bits per heavy atom. The average molecular weight is 342 g/mol. The quantitative estimate of drug-likeness (QED) is 0.453. The molecule has 0 bridgehead atoms. The van der Waals surface area contributed by atoms with Crippen LogP contribution in [0.4, 0.5) is 0 Å². The maximum Gasteiger partial charge on any atom is 0.227 e. The number of ketones is 1. The Kier molecular flexibility index (Phi) is 6.18. The van der Waals surface area contributed by atoms with Crippen LogP contribution in [0.25, 0.3) is 0 Å².